The Bertz CT molecular complexity index is 1100. The zero-order chi connectivity index (χ0) is 40.5. The van der Waals surface area contributed by atoms with Gasteiger partial charge in [0.1, 0.15) is 12.1 Å². The molecule has 0 radical (unpaired) electrons. The van der Waals surface area contributed by atoms with E-state index in [1.54, 1.807) is 0 Å². The fraction of sp³-hybridized carbons (Fsp3) is 0.727. The number of hydrogen-bond donors (Lipinski definition) is 3. The summed E-state index contributed by atoms with van der Waals surface area (Å²) in [6.07, 6.45) is 46.9. The molecule has 0 aliphatic heterocycles. The Morgan fingerprint density at radius 1 is 0.582 bits per heavy atom. The Balaban J connectivity index is 4.30. The van der Waals surface area contributed by atoms with Crippen molar-refractivity contribution in [2.24, 2.45) is 5.73 Å². The number of ether oxygens (including phenoxy) is 2. The molecule has 11 heteroatoms. The van der Waals surface area contributed by atoms with Gasteiger partial charge in [0.25, 0.3) is 0 Å². The maximum Gasteiger partial charge on any atom is 0.472 e. The minimum absolute atomic E-state index is 0.00161. The number of aliphatic carboxylic acids is 1. The van der Waals surface area contributed by atoms with E-state index in [9.17, 15) is 19.0 Å². The number of carbonyl (C=O) groups excluding carboxylic acids is 1. The molecule has 0 spiro atoms. The van der Waals surface area contributed by atoms with Crippen LogP contribution in [0.2, 0.25) is 0 Å². The van der Waals surface area contributed by atoms with Crippen LogP contribution in [0.15, 0.2) is 60.8 Å². The average Bonchev–Trinajstić information content (AvgIpc) is 3.16. The van der Waals surface area contributed by atoms with Gasteiger partial charge in [0, 0.05) is 13.0 Å². The van der Waals surface area contributed by atoms with Gasteiger partial charge in [0.15, 0.2) is 0 Å². The van der Waals surface area contributed by atoms with Crippen molar-refractivity contribution in [3.05, 3.63) is 60.8 Å². The number of carbonyl (C=O) groups is 2. The molecule has 0 aromatic rings. The number of allylic oxidation sites excluding steroid dienone is 10. The minimum atomic E-state index is -4.62. The Hall–Kier alpha value is -2.33. The third-order valence-electron chi connectivity index (χ3n) is 8.75. The molecule has 55 heavy (non-hydrogen) atoms. The molecule has 0 saturated carbocycles. The lowest BCUT2D eigenvalue weighted by molar-refractivity contribution is -0.154. The highest BCUT2D eigenvalue weighted by Gasteiger charge is 2.27. The second-order valence-corrected chi connectivity index (χ2v) is 15.6. The molecule has 318 valence electrons. The van der Waals surface area contributed by atoms with Crippen LogP contribution < -0.4 is 5.73 Å². The van der Waals surface area contributed by atoms with E-state index in [0.717, 1.165) is 89.9 Å². The summed E-state index contributed by atoms with van der Waals surface area (Å²) in [7, 11) is -4.62. The smallest absolute Gasteiger partial charge is 0.472 e. The summed E-state index contributed by atoms with van der Waals surface area (Å²) < 4.78 is 33.3. The Morgan fingerprint density at radius 3 is 1.56 bits per heavy atom. The van der Waals surface area contributed by atoms with Crippen LogP contribution >= 0.6 is 7.82 Å². The van der Waals surface area contributed by atoms with Gasteiger partial charge in [-0.3, -0.25) is 18.6 Å². The van der Waals surface area contributed by atoms with E-state index in [2.05, 4.69) is 74.6 Å². The van der Waals surface area contributed by atoms with Crippen LogP contribution in [0.1, 0.15) is 168 Å². The molecule has 3 unspecified atom stereocenters. The molecule has 0 rings (SSSR count). The highest BCUT2D eigenvalue weighted by molar-refractivity contribution is 7.47. The minimum Gasteiger partial charge on any atom is -0.480 e. The lowest BCUT2D eigenvalue weighted by Crippen LogP contribution is -2.34. The molecule has 3 atom stereocenters. The zero-order valence-corrected chi connectivity index (χ0v) is 35.4. The van der Waals surface area contributed by atoms with Crippen molar-refractivity contribution in [3.8, 4) is 0 Å². The largest absolute Gasteiger partial charge is 0.480 e. The van der Waals surface area contributed by atoms with Gasteiger partial charge in [-0.25, -0.2) is 4.57 Å². The van der Waals surface area contributed by atoms with Crippen LogP contribution in [0.5, 0.6) is 0 Å². The average molecular weight is 796 g/mol. The van der Waals surface area contributed by atoms with E-state index in [0.29, 0.717) is 13.0 Å². The van der Waals surface area contributed by atoms with Crippen molar-refractivity contribution in [2.75, 3.05) is 26.4 Å². The molecule has 10 nitrogen and oxygen atoms in total. The summed E-state index contributed by atoms with van der Waals surface area (Å²) in [5, 5.41) is 8.89. The summed E-state index contributed by atoms with van der Waals surface area (Å²) in [6.45, 7) is 3.74. The SMILES string of the molecule is CCC/C=C\C/C=C\CCCCCCCCOCC(COP(=O)(O)OCC(N)C(=O)O)OC(=O)CCCCCCCC/C=C\C/C=C\C/C=C\CCCCC. The van der Waals surface area contributed by atoms with E-state index in [4.69, 9.17) is 29.4 Å². The Kier molecular flexibility index (Phi) is 38.2. The predicted octanol–water partition coefficient (Wildman–Crippen LogP) is 11.6. The molecular formula is C44H78NO9P. The van der Waals surface area contributed by atoms with E-state index in [-0.39, 0.29) is 13.0 Å². The first-order chi connectivity index (χ1) is 26.7. The van der Waals surface area contributed by atoms with Crippen molar-refractivity contribution in [3.63, 3.8) is 0 Å². The predicted molar refractivity (Wildman–Crippen MR) is 226 cm³/mol. The summed E-state index contributed by atoms with van der Waals surface area (Å²) in [4.78, 5) is 33.5. The molecule has 0 amide bonds. The molecule has 0 aromatic heterocycles. The fourth-order valence-corrected chi connectivity index (χ4v) is 6.19. The van der Waals surface area contributed by atoms with Gasteiger partial charge in [-0.05, 0) is 77.0 Å². The van der Waals surface area contributed by atoms with E-state index < -0.39 is 45.1 Å². The maximum absolute atomic E-state index is 12.6. The van der Waals surface area contributed by atoms with Crippen molar-refractivity contribution in [1.82, 2.24) is 0 Å². The summed E-state index contributed by atoms with van der Waals surface area (Å²) in [6, 6.07) is -1.48. The van der Waals surface area contributed by atoms with Gasteiger partial charge in [0.05, 0.1) is 19.8 Å². The lowest BCUT2D eigenvalue weighted by Gasteiger charge is -2.20. The van der Waals surface area contributed by atoms with E-state index in [1.165, 1.54) is 51.4 Å². The highest BCUT2D eigenvalue weighted by Crippen LogP contribution is 2.43. The van der Waals surface area contributed by atoms with Crippen molar-refractivity contribution in [2.45, 2.75) is 180 Å². The molecule has 0 aliphatic rings. The molecule has 0 heterocycles. The maximum atomic E-state index is 12.6. The summed E-state index contributed by atoms with van der Waals surface area (Å²) >= 11 is 0. The van der Waals surface area contributed by atoms with Crippen molar-refractivity contribution in [1.29, 1.82) is 0 Å². The van der Waals surface area contributed by atoms with Crippen LogP contribution in [0, 0.1) is 0 Å². The molecule has 0 saturated heterocycles. The van der Waals surface area contributed by atoms with Gasteiger partial charge in [-0.1, -0.05) is 145 Å². The molecule has 0 aromatic carbocycles. The number of carboxylic acids is 1. The first-order valence-electron chi connectivity index (χ1n) is 21.3. The van der Waals surface area contributed by atoms with Crippen LogP contribution in [0.3, 0.4) is 0 Å². The second kappa shape index (κ2) is 39.9. The van der Waals surface area contributed by atoms with Crippen molar-refractivity contribution >= 4 is 19.8 Å². The number of nitrogens with two attached hydrogens (primary N) is 1. The normalized spacial score (nSPS) is 14.5. The number of unbranched alkanes of at least 4 members (excludes halogenated alkanes) is 16. The van der Waals surface area contributed by atoms with Gasteiger partial charge in [-0.2, -0.15) is 0 Å². The standard InChI is InChI=1S/C44H78NO9P/c1-3-5-7-9-11-13-15-17-19-20-21-22-23-24-26-28-30-32-34-36-43(46)54-41(39-52-55(49,50)53-40-42(45)44(47)48)38-51-37-35-33-31-29-27-25-18-16-14-12-10-8-6-4-2/h8,10-11,13-14,16-17,19,21-22,41-42H,3-7,9,12,15,18,20,23-40,45H2,1-2H3,(H,47,48)(H,49,50)/b10-8-,13-11-,16-14-,19-17-,22-21-. The van der Waals surface area contributed by atoms with Gasteiger partial charge in [-0.15, -0.1) is 0 Å². The topological polar surface area (TPSA) is 155 Å². The van der Waals surface area contributed by atoms with Crippen LogP contribution in [0.4, 0.5) is 0 Å². The molecule has 4 N–H and O–H groups in total. The van der Waals surface area contributed by atoms with Gasteiger partial charge < -0.3 is 25.2 Å². The third kappa shape index (κ3) is 39.7. The summed E-state index contributed by atoms with van der Waals surface area (Å²) in [5.41, 5.74) is 5.35. The zero-order valence-electron chi connectivity index (χ0n) is 34.5. The fourth-order valence-electron chi connectivity index (χ4n) is 5.41. The quantitative estimate of drug-likeness (QED) is 0.0236. The van der Waals surface area contributed by atoms with Crippen molar-refractivity contribution < 1.29 is 42.7 Å². The Morgan fingerprint density at radius 2 is 1.04 bits per heavy atom. The second-order valence-electron chi connectivity index (χ2n) is 14.1. The molecule has 0 fully saturated rings. The first-order valence-corrected chi connectivity index (χ1v) is 22.8. The number of phosphoric acid groups is 1. The number of carboxylic acid groups (broad SMARTS) is 1. The van der Waals surface area contributed by atoms with Crippen LogP contribution in [-0.4, -0.2) is 60.5 Å². The lowest BCUT2D eigenvalue weighted by atomic mass is 10.1. The number of esters is 1. The first kappa shape index (κ1) is 52.7. The van der Waals surface area contributed by atoms with Crippen LogP contribution in [-0.2, 0) is 32.7 Å². The Labute approximate surface area is 334 Å². The number of rotatable bonds is 40. The highest BCUT2D eigenvalue weighted by atomic mass is 31.2. The van der Waals surface area contributed by atoms with Gasteiger partial charge in [0.2, 0.25) is 0 Å². The monoisotopic (exact) mass is 796 g/mol. The number of hydrogen-bond acceptors (Lipinski definition) is 8. The molecule has 0 aliphatic carbocycles. The van der Waals surface area contributed by atoms with Crippen LogP contribution in [0.25, 0.3) is 0 Å². The molecule has 0 bridgehead atoms. The number of phosphoric ester groups is 1. The molecular weight excluding hydrogens is 717 g/mol. The van der Waals surface area contributed by atoms with E-state index in [1.807, 2.05) is 0 Å². The van der Waals surface area contributed by atoms with Gasteiger partial charge >= 0.3 is 19.8 Å². The summed E-state index contributed by atoms with van der Waals surface area (Å²) in [5.74, 6) is -1.80. The van der Waals surface area contributed by atoms with E-state index >= 15 is 0 Å². The third-order valence-corrected chi connectivity index (χ3v) is 9.70.